The molecule has 25 heavy (non-hydrogen) atoms. The second-order valence-corrected chi connectivity index (χ2v) is 8.13. The average Bonchev–Trinajstić information content (AvgIpc) is 3.01. The molecule has 3 rings (SSSR count). The number of hydrogen-bond donors (Lipinski definition) is 2. The number of benzene rings is 1. The molecule has 1 aliphatic rings. The Hall–Kier alpha value is -1.92. The highest BCUT2D eigenvalue weighted by Crippen LogP contribution is 2.24. The lowest BCUT2D eigenvalue weighted by molar-refractivity contribution is -0.121. The molecule has 0 radical (unpaired) electrons. The van der Waals surface area contributed by atoms with Crippen LogP contribution < -0.4 is 11.1 Å². The van der Waals surface area contributed by atoms with Crippen molar-refractivity contribution in [3.63, 3.8) is 0 Å². The number of nitrogens with one attached hydrogen (secondary N) is 1. The van der Waals surface area contributed by atoms with Gasteiger partial charge in [-0.15, -0.1) is 11.3 Å². The molecule has 6 heteroatoms. The fourth-order valence-corrected chi connectivity index (χ4v) is 3.89. The van der Waals surface area contributed by atoms with E-state index in [0.29, 0.717) is 11.0 Å². The lowest BCUT2D eigenvalue weighted by Gasteiger charge is -2.30. The maximum absolute atomic E-state index is 12.5. The molecule has 134 valence electrons. The maximum atomic E-state index is 12.5. The zero-order chi connectivity index (χ0) is 17.8. The van der Waals surface area contributed by atoms with Crippen LogP contribution in [0.25, 0.3) is 0 Å². The number of hydrogen-bond acceptors (Lipinski definition) is 5. The van der Waals surface area contributed by atoms with Crippen LogP contribution in [-0.2, 0) is 11.3 Å². The number of carbonyl (C=O) groups is 1. The van der Waals surface area contributed by atoms with E-state index in [4.69, 9.17) is 5.73 Å². The fourth-order valence-electron chi connectivity index (χ4n) is 3.17. The van der Waals surface area contributed by atoms with Crippen molar-refractivity contribution in [2.24, 2.45) is 5.92 Å². The van der Waals surface area contributed by atoms with Gasteiger partial charge in [0.2, 0.25) is 5.91 Å². The number of nitrogens with two attached hydrogens (primary N) is 1. The number of rotatable bonds is 5. The Balaban J connectivity index is 1.48. The number of aromatic nitrogens is 1. The lowest BCUT2D eigenvalue weighted by atomic mass is 9.95. The summed E-state index contributed by atoms with van der Waals surface area (Å²) in [6.07, 6.45) is 3.63. The number of carbonyl (C=O) groups excluding carboxylic acids is 1. The first kappa shape index (κ1) is 17.9. The van der Waals surface area contributed by atoms with E-state index in [0.717, 1.165) is 38.2 Å². The normalized spacial score (nSPS) is 16.3. The third-order valence-electron chi connectivity index (χ3n) is 4.75. The summed E-state index contributed by atoms with van der Waals surface area (Å²) >= 11 is 1.54. The summed E-state index contributed by atoms with van der Waals surface area (Å²) in [6, 6.07) is 8.17. The molecule has 5 nitrogen and oxygen atoms in total. The highest BCUT2D eigenvalue weighted by atomic mass is 32.1. The van der Waals surface area contributed by atoms with Crippen molar-refractivity contribution in [2.75, 3.05) is 24.1 Å². The molecule has 0 saturated carbocycles. The minimum absolute atomic E-state index is 0.0903. The zero-order valence-corrected chi connectivity index (χ0v) is 15.7. The van der Waals surface area contributed by atoms with Crippen LogP contribution in [0.2, 0.25) is 0 Å². The van der Waals surface area contributed by atoms with Gasteiger partial charge >= 0.3 is 0 Å². The van der Waals surface area contributed by atoms with Gasteiger partial charge in [-0.25, -0.2) is 4.98 Å². The lowest BCUT2D eigenvalue weighted by Crippen LogP contribution is -2.37. The molecular weight excluding hydrogens is 332 g/mol. The second-order valence-electron chi connectivity index (χ2n) is 6.98. The number of piperidine rings is 1. The van der Waals surface area contributed by atoms with E-state index in [1.165, 1.54) is 21.8 Å². The molecule has 1 saturated heterocycles. The van der Waals surface area contributed by atoms with Gasteiger partial charge < -0.3 is 11.1 Å². The van der Waals surface area contributed by atoms with Crippen LogP contribution in [0.15, 0.2) is 30.5 Å². The SMILES string of the molecule is CC(C)c1ccc(NC(=O)C2CCN(Cc3cnc(N)s3)CC2)cc1. The molecule has 2 aromatic rings. The Morgan fingerprint density at radius 1 is 1.32 bits per heavy atom. The summed E-state index contributed by atoms with van der Waals surface area (Å²) in [6.45, 7) is 7.08. The van der Waals surface area contributed by atoms with E-state index < -0.39 is 0 Å². The Morgan fingerprint density at radius 3 is 2.56 bits per heavy atom. The number of nitrogen functional groups attached to an aromatic ring is 1. The van der Waals surface area contributed by atoms with Crippen molar-refractivity contribution in [1.29, 1.82) is 0 Å². The van der Waals surface area contributed by atoms with Gasteiger partial charge in [0.05, 0.1) is 0 Å². The summed E-state index contributed by atoms with van der Waals surface area (Å²) in [5.41, 5.74) is 7.85. The Morgan fingerprint density at radius 2 is 2.00 bits per heavy atom. The van der Waals surface area contributed by atoms with Crippen LogP contribution in [-0.4, -0.2) is 28.9 Å². The first-order valence-corrected chi connectivity index (χ1v) is 9.66. The molecule has 1 aliphatic heterocycles. The van der Waals surface area contributed by atoms with Gasteiger partial charge in [-0.05, 0) is 49.5 Å². The zero-order valence-electron chi connectivity index (χ0n) is 14.9. The topological polar surface area (TPSA) is 71.2 Å². The van der Waals surface area contributed by atoms with Crippen LogP contribution in [0.1, 0.15) is 43.0 Å². The third kappa shape index (κ3) is 4.80. The van der Waals surface area contributed by atoms with Crippen molar-refractivity contribution in [3.05, 3.63) is 40.9 Å². The molecule has 0 spiro atoms. The first-order valence-electron chi connectivity index (χ1n) is 8.84. The van der Waals surface area contributed by atoms with Crippen molar-refractivity contribution in [2.45, 2.75) is 39.2 Å². The van der Waals surface area contributed by atoms with Crippen LogP contribution >= 0.6 is 11.3 Å². The summed E-state index contributed by atoms with van der Waals surface area (Å²) in [7, 11) is 0. The molecular formula is C19H26N4OS. The third-order valence-corrected chi connectivity index (χ3v) is 5.57. The monoisotopic (exact) mass is 358 g/mol. The van der Waals surface area contributed by atoms with Gasteiger partial charge in [0.1, 0.15) is 0 Å². The highest BCUT2D eigenvalue weighted by Gasteiger charge is 2.25. The van der Waals surface area contributed by atoms with E-state index in [1.54, 1.807) is 0 Å². The van der Waals surface area contributed by atoms with Gasteiger partial charge in [0.25, 0.3) is 0 Å². The van der Waals surface area contributed by atoms with E-state index in [-0.39, 0.29) is 11.8 Å². The largest absolute Gasteiger partial charge is 0.375 e. The minimum Gasteiger partial charge on any atom is -0.375 e. The Kier molecular flexibility index (Phi) is 5.71. The minimum atomic E-state index is 0.0903. The number of nitrogens with zero attached hydrogens (tertiary/aromatic N) is 2. The molecule has 3 N–H and O–H groups in total. The first-order chi connectivity index (χ1) is 12.0. The number of anilines is 2. The standard InChI is InChI=1S/C19H26N4OS/c1-13(2)14-3-5-16(6-4-14)22-18(24)15-7-9-23(10-8-15)12-17-11-21-19(20)25-17/h3-6,11,13,15H,7-10,12H2,1-2H3,(H2,20,21)(H,22,24). The Labute approximate surface area is 153 Å². The predicted octanol–water partition coefficient (Wildman–Crippen LogP) is 3.70. The summed E-state index contributed by atoms with van der Waals surface area (Å²) in [5, 5.41) is 3.68. The summed E-state index contributed by atoms with van der Waals surface area (Å²) in [4.78, 5) is 20.2. The molecule has 0 bridgehead atoms. The molecule has 1 fully saturated rings. The molecule has 1 amide bonds. The molecule has 0 aliphatic carbocycles. The van der Waals surface area contributed by atoms with Crippen LogP contribution in [0.5, 0.6) is 0 Å². The van der Waals surface area contributed by atoms with E-state index in [1.807, 2.05) is 18.3 Å². The second kappa shape index (κ2) is 7.97. The van der Waals surface area contributed by atoms with Crippen molar-refractivity contribution in [3.8, 4) is 0 Å². The van der Waals surface area contributed by atoms with Crippen molar-refractivity contribution in [1.82, 2.24) is 9.88 Å². The highest BCUT2D eigenvalue weighted by molar-refractivity contribution is 7.15. The summed E-state index contributed by atoms with van der Waals surface area (Å²) < 4.78 is 0. The van der Waals surface area contributed by atoms with Gasteiger partial charge in [-0.3, -0.25) is 9.69 Å². The van der Waals surface area contributed by atoms with Crippen LogP contribution in [0, 0.1) is 5.92 Å². The predicted molar refractivity (Wildman–Crippen MR) is 104 cm³/mol. The Bertz CT molecular complexity index is 702. The summed E-state index contributed by atoms with van der Waals surface area (Å²) in [5.74, 6) is 0.731. The van der Waals surface area contributed by atoms with E-state index in [9.17, 15) is 4.79 Å². The maximum Gasteiger partial charge on any atom is 0.227 e. The molecule has 2 heterocycles. The van der Waals surface area contributed by atoms with Gasteiger partial charge in [0.15, 0.2) is 5.13 Å². The smallest absolute Gasteiger partial charge is 0.227 e. The van der Waals surface area contributed by atoms with Gasteiger partial charge in [0, 0.05) is 29.2 Å². The van der Waals surface area contributed by atoms with Gasteiger partial charge in [-0.1, -0.05) is 26.0 Å². The number of likely N-dealkylation sites (tertiary alicyclic amines) is 1. The molecule has 0 unspecified atom stereocenters. The van der Waals surface area contributed by atoms with Crippen molar-refractivity contribution < 1.29 is 4.79 Å². The van der Waals surface area contributed by atoms with Crippen LogP contribution in [0.3, 0.4) is 0 Å². The quantitative estimate of drug-likeness (QED) is 0.855. The van der Waals surface area contributed by atoms with Gasteiger partial charge in [-0.2, -0.15) is 0 Å². The average molecular weight is 359 g/mol. The number of thiazole rings is 1. The fraction of sp³-hybridized carbons (Fsp3) is 0.474. The number of amides is 1. The molecule has 1 aromatic heterocycles. The van der Waals surface area contributed by atoms with Crippen LogP contribution in [0.4, 0.5) is 10.8 Å². The van der Waals surface area contributed by atoms with Crippen molar-refractivity contribution >= 4 is 28.1 Å². The van der Waals surface area contributed by atoms with E-state index in [2.05, 4.69) is 41.2 Å². The molecule has 0 atom stereocenters. The van der Waals surface area contributed by atoms with E-state index >= 15 is 0 Å². The molecule has 1 aromatic carbocycles.